The van der Waals surface area contributed by atoms with Gasteiger partial charge in [-0.1, -0.05) is 17.7 Å². The van der Waals surface area contributed by atoms with E-state index in [4.69, 9.17) is 22.1 Å². The van der Waals surface area contributed by atoms with Crippen LogP contribution in [0.1, 0.15) is 22.1 Å². The predicted octanol–water partition coefficient (Wildman–Crippen LogP) is 4.10. The lowest BCUT2D eigenvalue weighted by Gasteiger charge is -2.16. The van der Waals surface area contributed by atoms with Gasteiger partial charge in [0.1, 0.15) is 11.9 Å². The number of nitrogens with two attached hydrogens (primary N) is 1. The van der Waals surface area contributed by atoms with Crippen molar-refractivity contribution in [2.24, 2.45) is 5.73 Å². The zero-order valence-corrected chi connectivity index (χ0v) is 12.0. The van der Waals surface area contributed by atoms with Crippen molar-refractivity contribution in [2.45, 2.75) is 20.0 Å². The minimum Gasteiger partial charge on any atom is -0.484 e. The summed E-state index contributed by atoms with van der Waals surface area (Å²) in [5.74, 6) is 0.845. The van der Waals surface area contributed by atoms with E-state index >= 15 is 0 Å². The molecule has 0 radical (unpaired) electrons. The van der Waals surface area contributed by atoms with Gasteiger partial charge in [0.05, 0.1) is 4.34 Å². The number of rotatable bonds is 4. The lowest BCUT2D eigenvalue weighted by Crippen LogP contribution is -2.17. The maximum absolute atomic E-state index is 5.93. The lowest BCUT2D eigenvalue weighted by molar-refractivity contribution is 0.218. The monoisotopic (exact) mass is 281 g/mol. The van der Waals surface area contributed by atoms with Gasteiger partial charge < -0.3 is 10.5 Å². The highest BCUT2D eigenvalue weighted by molar-refractivity contribution is 7.16. The molecule has 0 aliphatic carbocycles. The van der Waals surface area contributed by atoms with E-state index in [1.54, 1.807) is 0 Å². The molecule has 96 valence electrons. The average Bonchev–Trinajstić information content (AvgIpc) is 2.77. The second-order valence-electron chi connectivity index (χ2n) is 4.23. The SMILES string of the molecule is Cc1ccc(OC(CN)c2ccc(Cl)s2)cc1C. The van der Waals surface area contributed by atoms with Crippen LogP contribution in [0.25, 0.3) is 0 Å². The fourth-order valence-electron chi connectivity index (χ4n) is 1.68. The molecule has 0 saturated heterocycles. The third-order valence-corrected chi connectivity index (χ3v) is 4.21. The quantitative estimate of drug-likeness (QED) is 0.916. The summed E-state index contributed by atoms with van der Waals surface area (Å²) in [4.78, 5) is 1.06. The van der Waals surface area contributed by atoms with Gasteiger partial charge >= 0.3 is 0 Å². The number of halogens is 1. The molecule has 1 unspecified atom stereocenters. The zero-order chi connectivity index (χ0) is 13.1. The molecule has 4 heteroatoms. The molecule has 0 spiro atoms. The Bertz CT molecular complexity index is 538. The third kappa shape index (κ3) is 3.05. The van der Waals surface area contributed by atoms with Crippen LogP contribution in [0.2, 0.25) is 4.34 Å². The van der Waals surface area contributed by atoms with Gasteiger partial charge in [-0.25, -0.2) is 0 Å². The first-order valence-corrected chi connectivity index (χ1v) is 6.99. The summed E-state index contributed by atoms with van der Waals surface area (Å²) in [6, 6.07) is 9.90. The van der Waals surface area contributed by atoms with E-state index in [9.17, 15) is 0 Å². The highest BCUT2D eigenvalue weighted by Crippen LogP contribution is 2.30. The first-order valence-electron chi connectivity index (χ1n) is 5.79. The lowest BCUT2D eigenvalue weighted by atomic mass is 10.1. The van der Waals surface area contributed by atoms with Crippen molar-refractivity contribution in [1.82, 2.24) is 0 Å². The molecular weight excluding hydrogens is 266 g/mol. The van der Waals surface area contributed by atoms with Crippen LogP contribution in [-0.4, -0.2) is 6.54 Å². The molecule has 2 N–H and O–H groups in total. The normalized spacial score (nSPS) is 12.4. The van der Waals surface area contributed by atoms with E-state index in [-0.39, 0.29) is 6.10 Å². The molecule has 0 fully saturated rings. The van der Waals surface area contributed by atoms with Crippen LogP contribution in [0.4, 0.5) is 0 Å². The maximum atomic E-state index is 5.93. The Hall–Kier alpha value is -1.03. The van der Waals surface area contributed by atoms with E-state index in [0.29, 0.717) is 6.54 Å². The number of aryl methyl sites for hydroxylation is 2. The van der Waals surface area contributed by atoms with E-state index in [2.05, 4.69) is 19.9 Å². The topological polar surface area (TPSA) is 35.2 Å². The fraction of sp³-hybridized carbons (Fsp3) is 0.286. The van der Waals surface area contributed by atoms with Crippen LogP contribution in [0, 0.1) is 13.8 Å². The van der Waals surface area contributed by atoms with Gasteiger partial charge in [0.25, 0.3) is 0 Å². The highest BCUT2D eigenvalue weighted by atomic mass is 35.5. The molecule has 1 heterocycles. The van der Waals surface area contributed by atoms with Crippen LogP contribution < -0.4 is 10.5 Å². The van der Waals surface area contributed by atoms with E-state index < -0.39 is 0 Å². The molecule has 0 aliphatic rings. The van der Waals surface area contributed by atoms with Crippen LogP contribution >= 0.6 is 22.9 Å². The predicted molar refractivity (Wildman–Crippen MR) is 77.7 cm³/mol. The number of thiophene rings is 1. The third-order valence-electron chi connectivity index (χ3n) is 2.88. The van der Waals surface area contributed by atoms with Gasteiger partial charge in [-0.05, 0) is 49.2 Å². The smallest absolute Gasteiger partial charge is 0.145 e. The second-order valence-corrected chi connectivity index (χ2v) is 5.98. The van der Waals surface area contributed by atoms with E-state index in [1.807, 2.05) is 24.3 Å². The van der Waals surface area contributed by atoms with Crippen molar-refractivity contribution in [2.75, 3.05) is 6.54 Å². The van der Waals surface area contributed by atoms with Crippen molar-refractivity contribution in [3.8, 4) is 5.75 Å². The molecule has 1 atom stereocenters. The van der Waals surface area contributed by atoms with E-state index in [0.717, 1.165) is 15.0 Å². The van der Waals surface area contributed by atoms with Gasteiger partial charge in [0, 0.05) is 11.4 Å². The van der Waals surface area contributed by atoms with Gasteiger partial charge in [-0.2, -0.15) is 0 Å². The molecule has 18 heavy (non-hydrogen) atoms. The fourth-order valence-corrected chi connectivity index (χ4v) is 2.78. The Balaban J connectivity index is 2.17. The minimum absolute atomic E-state index is 0.135. The Morgan fingerprint density at radius 3 is 2.56 bits per heavy atom. The molecule has 0 saturated carbocycles. The standard InChI is InChI=1S/C14H16ClNOS/c1-9-3-4-11(7-10(9)2)17-12(8-16)13-5-6-14(15)18-13/h3-7,12H,8,16H2,1-2H3. The van der Waals surface area contributed by atoms with Crippen molar-refractivity contribution >= 4 is 22.9 Å². The molecule has 1 aromatic heterocycles. The van der Waals surface area contributed by atoms with Crippen molar-refractivity contribution in [1.29, 1.82) is 0 Å². The van der Waals surface area contributed by atoms with Crippen LogP contribution in [0.5, 0.6) is 5.75 Å². The average molecular weight is 282 g/mol. The first kappa shape index (κ1) is 13.4. The van der Waals surface area contributed by atoms with E-state index in [1.165, 1.54) is 22.5 Å². The second kappa shape index (κ2) is 5.74. The van der Waals surface area contributed by atoms with Gasteiger partial charge in [0.15, 0.2) is 0 Å². The zero-order valence-electron chi connectivity index (χ0n) is 10.4. The van der Waals surface area contributed by atoms with Crippen LogP contribution in [0.3, 0.4) is 0 Å². The number of ether oxygens (including phenoxy) is 1. The van der Waals surface area contributed by atoms with Crippen molar-refractivity contribution in [3.05, 3.63) is 50.7 Å². The molecule has 0 aliphatic heterocycles. The van der Waals surface area contributed by atoms with Crippen LogP contribution in [0.15, 0.2) is 30.3 Å². The van der Waals surface area contributed by atoms with Crippen molar-refractivity contribution in [3.63, 3.8) is 0 Å². The van der Waals surface area contributed by atoms with Crippen molar-refractivity contribution < 1.29 is 4.74 Å². The first-order chi connectivity index (χ1) is 8.60. The Kier molecular flexibility index (Phi) is 4.27. The summed E-state index contributed by atoms with van der Waals surface area (Å²) in [6.07, 6.45) is -0.135. The summed E-state index contributed by atoms with van der Waals surface area (Å²) < 4.78 is 6.68. The Morgan fingerprint density at radius 1 is 1.22 bits per heavy atom. The Labute approximate surface area is 116 Å². The maximum Gasteiger partial charge on any atom is 0.145 e. The van der Waals surface area contributed by atoms with Gasteiger partial charge in [-0.15, -0.1) is 11.3 Å². The van der Waals surface area contributed by atoms with Crippen LogP contribution in [-0.2, 0) is 0 Å². The number of hydrogen-bond donors (Lipinski definition) is 1. The summed E-state index contributed by atoms with van der Waals surface area (Å²) >= 11 is 7.44. The summed E-state index contributed by atoms with van der Waals surface area (Å²) in [5.41, 5.74) is 8.24. The highest BCUT2D eigenvalue weighted by Gasteiger charge is 2.14. The number of benzene rings is 1. The minimum atomic E-state index is -0.135. The molecule has 0 amide bonds. The largest absolute Gasteiger partial charge is 0.484 e. The summed E-state index contributed by atoms with van der Waals surface area (Å²) in [5, 5.41) is 0. The molecule has 2 aromatic rings. The van der Waals surface area contributed by atoms with Gasteiger partial charge in [-0.3, -0.25) is 0 Å². The summed E-state index contributed by atoms with van der Waals surface area (Å²) in [7, 11) is 0. The molecule has 2 rings (SSSR count). The molecule has 2 nitrogen and oxygen atoms in total. The molecular formula is C14H16ClNOS. The molecule has 1 aromatic carbocycles. The number of hydrogen-bond acceptors (Lipinski definition) is 3. The summed E-state index contributed by atoms with van der Waals surface area (Å²) in [6.45, 7) is 4.59. The molecule has 0 bridgehead atoms. The Morgan fingerprint density at radius 2 is 2.00 bits per heavy atom. The van der Waals surface area contributed by atoms with Gasteiger partial charge in [0.2, 0.25) is 0 Å².